The van der Waals surface area contributed by atoms with Crippen molar-refractivity contribution in [3.63, 3.8) is 0 Å². The van der Waals surface area contributed by atoms with Gasteiger partial charge in [0, 0.05) is 11.1 Å². The van der Waals surface area contributed by atoms with Crippen LogP contribution in [0.15, 0.2) is 28.7 Å². The van der Waals surface area contributed by atoms with Crippen LogP contribution in [-0.2, 0) is 11.3 Å². The predicted octanol–water partition coefficient (Wildman–Crippen LogP) is 5.18. The van der Waals surface area contributed by atoms with Gasteiger partial charge in [-0.1, -0.05) is 61.2 Å². The minimum absolute atomic E-state index is 0.724. The summed E-state index contributed by atoms with van der Waals surface area (Å²) in [6.07, 6.45) is 5.12. The van der Waals surface area contributed by atoms with Crippen LogP contribution in [0.2, 0.25) is 0 Å². The molecule has 17 heavy (non-hydrogen) atoms. The van der Waals surface area contributed by atoms with Crippen LogP contribution in [0.1, 0.15) is 45.1 Å². The van der Waals surface area contributed by atoms with Crippen molar-refractivity contribution in [3.8, 4) is 0 Å². The molecule has 96 valence electrons. The van der Waals surface area contributed by atoms with E-state index in [-0.39, 0.29) is 0 Å². The molecular weight excluding hydrogens is 276 g/mol. The lowest BCUT2D eigenvalue weighted by Gasteiger charge is -2.14. The van der Waals surface area contributed by atoms with Crippen molar-refractivity contribution < 1.29 is 4.74 Å². The summed E-state index contributed by atoms with van der Waals surface area (Å²) in [7, 11) is 0. The number of unbranched alkanes of at least 4 members (excludes halogenated alkanes) is 1. The van der Waals surface area contributed by atoms with E-state index in [2.05, 4.69) is 48.0 Å². The first kappa shape index (κ1) is 14.7. The van der Waals surface area contributed by atoms with E-state index in [0.717, 1.165) is 23.6 Å². The van der Waals surface area contributed by atoms with E-state index in [0.29, 0.717) is 0 Å². The highest BCUT2D eigenvalue weighted by molar-refractivity contribution is 9.10. The predicted molar refractivity (Wildman–Crippen MR) is 77.1 cm³/mol. The SMILES string of the molecule is CCCCC(CC)COCc1cccc(Br)c1. The van der Waals surface area contributed by atoms with E-state index in [1.54, 1.807) is 0 Å². The van der Waals surface area contributed by atoms with Crippen molar-refractivity contribution in [2.45, 2.75) is 46.1 Å². The Hall–Kier alpha value is -0.340. The van der Waals surface area contributed by atoms with Gasteiger partial charge in [0.25, 0.3) is 0 Å². The zero-order valence-corrected chi connectivity index (χ0v) is 12.5. The monoisotopic (exact) mass is 298 g/mol. The number of ether oxygens (including phenoxy) is 1. The number of benzene rings is 1. The molecule has 0 radical (unpaired) electrons. The zero-order chi connectivity index (χ0) is 12.5. The fourth-order valence-electron chi connectivity index (χ4n) is 1.87. The molecule has 0 N–H and O–H groups in total. The average Bonchev–Trinajstić information content (AvgIpc) is 2.33. The molecule has 0 fully saturated rings. The molecule has 1 nitrogen and oxygen atoms in total. The molecule has 0 saturated heterocycles. The molecule has 1 aromatic rings. The highest BCUT2D eigenvalue weighted by atomic mass is 79.9. The summed E-state index contributed by atoms with van der Waals surface area (Å²) in [6, 6.07) is 8.32. The Kier molecular flexibility index (Phi) is 7.54. The van der Waals surface area contributed by atoms with Crippen LogP contribution in [0.5, 0.6) is 0 Å². The zero-order valence-electron chi connectivity index (χ0n) is 10.9. The van der Waals surface area contributed by atoms with Crippen LogP contribution in [0, 0.1) is 5.92 Å². The molecule has 0 spiro atoms. The Morgan fingerprint density at radius 3 is 2.76 bits per heavy atom. The molecule has 0 bridgehead atoms. The summed E-state index contributed by atoms with van der Waals surface area (Å²) in [5, 5.41) is 0. The van der Waals surface area contributed by atoms with Gasteiger partial charge in [0.1, 0.15) is 0 Å². The molecule has 1 aromatic carbocycles. The third-order valence-electron chi connectivity index (χ3n) is 3.05. The highest BCUT2D eigenvalue weighted by Gasteiger charge is 2.05. The van der Waals surface area contributed by atoms with Gasteiger partial charge in [0.2, 0.25) is 0 Å². The Morgan fingerprint density at radius 2 is 2.12 bits per heavy atom. The molecule has 0 heterocycles. The Balaban J connectivity index is 2.26. The first-order valence-corrected chi connectivity index (χ1v) is 7.37. The number of hydrogen-bond acceptors (Lipinski definition) is 1. The molecule has 0 aliphatic carbocycles. The van der Waals surface area contributed by atoms with E-state index in [9.17, 15) is 0 Å². The lowest BCUT2D eigenvalue weighted by atomic mass is 10.0. The maximum atomic E-state index is 5.80. The van der Waals surface area contributed by atoms with Crippen LogP contribution in [-0.4, -0.2) is 6.61 Å². The third-order valence-corrected chi connectivity index (χ3v) is 3.55. The minimum atomic E-state index is 0.724. The van der Waals surface area contributed by atoms with Gasteiger partial charge < -0.3 is 4.74 Å². The van der Waals surface area contributed by atoms with E-state index in [1.165, 1.54) is 31.2 Å². The number of rotatable bonds is 8. The van der Waals surface area contributed by atoms with Crippen LogP contribution >= 0.6 is 15.9 Å². The van der Waals surface area contributed by atoms with Crippen molar-refractivity contribution in [1.29, 1.82) is 0 Å². The molecule has 0 aromatic heterocycles. The van der Waals surface area contributed by atoms with Gasteiger partial charge in [0.15, 0.2) is 0 Å². The van der Waals surface area contributed by atoms with Gasteiger partial charge in [-0.3, -0.25) is 0 Å². The Bertz CT molecular complexity index is 312. The summed E-state index contributed by atoms with van der Waals surface area (Å²) in [5.74, 6) is 0.724. The van der Waals surface area contributed by atoms with E-state index in [4.69, 9.17) is 4.74 Å². The first-order valence-electron chi connectivity index (χ1n) is 6.58. The van der Waals surface area contributed by atoms with Crippen molar-refractivity contribution >= 4 is 15.9 Å². The number of halogens is 1. The van der Waals surface area contributed by atoms with E-state index in [1.807, 2.05) is 6.07 Å². The number of hydrogen-bond donors (Lipinski definition) is 0. The largest absolute Gasteiger partial charge is 0.376 e. The van der Waals surface area contributed by atoms with Gasteiger partial charge in [-0.15, -0.1) is 0 Å². The summed E-state index contributed by atoms with van der Waals surface area (Å²) >= 11 is 3.48. The van der Waals surface area contributed by atoms with Crippen LogP contribution in [0.4, 0.5) is 0 Å². The maximum Gasteiger partial charge on any atom is 0.0717 e. The van der Waals surface area contributed by atoms with Gasteiger partial charge >= 0.3 is 0 Å². The molecule has 0 amide bonds. The smallest absolute Gasteiger partial charge is 0.0717 e. The molecule has 0 aliphatic rings. The molecule has 0 aliphatic heterocycles. The average molecular weight is 299 g/mol. The molecule has 1 atom stereocenters. The fraction of sp³-hybridized carbons (Fsp3) is 0.600. The Morgan fingerprint density at radius 1 is 1.29 bits per heavy atom. The topological polar surface area (TPSA) is 9.23 Å². The third kappa shape index (κ3) is 6.23. The molecule has 0 saturated carbocycles. The van der Waals surface area contributed by atoms with Gasteiger partial charge in [0.05, 0.1) is 6.61 Å². The maximum absolute atomic E-state index is 5.80. The lowest BCUT2D eigenvalue weighted by molar-refractivity contribution is 0.0819. The summed E-state index contributed by atoms with van der Waals surface area (Å²) < 4.78 is 6.93. The Labute approximate surface area is 114 Å². The normalized spacial score (nSPS) is 12.6. The van der Waals surface area contributed by atoms with E-state index < -0.39 is 0 Å². The molecule has 1 unspecified atom stereocenters. The lowest BCUT2D eigenvalue weighted by Crippen LogP contribution is -2.08. The van der Waals surface area contributed by atoms with Crippen molar-refractivity contribution in [2.75, 3.05) is 6.61 Å². The second kappa shape index (κ2) is 8.71. The van der Waals surface area contributed by atoms with Gasteiger partial charge in [-0.2, -0.15) is 0 Å². The second-order valence-corrected chi connectivity index (χ2v) is 5.48. The second-order valence-electron chi connectivity index (χ2n) is 4.56. The van der Waals surface area contributed by atoms with Crippen LogP contribution in [0.25, 0.3) is 0 Å². The quantitative estimate of drug-likeness (QED) is 0.642. The highest BCUT2D eigenvalue weighted by Crippen LogP contribution is 2.15. The minimum Gasteiger partial charge on any atom is -0.376 e. The molecular formula is C15H23BrO. The molecule has 2 heteroatoms. The van der Waals surface area contributed by atoms with Crippen molar-refractivity contribution in [2.24, 2.45) is 5.92 Å². The van der Waals surface area contributed by atoms with Gasteiger partial charge in [-0.25, -0.2) is 0 Å². The van der Waals surface area contributed by atoms with Crippen molar-refractivity contribution in [3.05, 3.63) is 34.3 Å². The van der Waals surface area contributed by atoms with Crippen LogP contribution < -0.4 is 0 Å². The molecule has 1 rings (SSSR count). The van der Waals surface area contributed by atoms with Crippen LogP contribution in [0.3, 0.4) is 0 Å². The summed E-state index contributed by atoms with van der Waals surface area (Å²) in [4.78, 5) is 0. The van der Waals surface area contributed by atoms with E-state index >= 15 is 0 Å². The first-order chi connectivity index (χ1) is 8.26. The summed E-state index contributed by atoms with van der Waals surface area (Å²) in [6.45, 7) is 6.11. The summed E-state index contributed by atoms with van der Waals surface area (Å²) in [5.41, 5.74) is 1.24. The fourth-order valence-corrected chi connectivity index (χ4v) is 2.31. The standard InChI is InChI=1S/C15H23BrO/c1-3-5-7-13(4-2)11-17-12-14-8-6-9-15(16)10-14/h6,8-10,13H,3-5,7,11-12H2,1-2H3. The van der Waals surface area contributed by atoms with Gasteiger partial charge in [-0.05, 0) is 30.0 Å². The van der Waals surface area contributed by atoms with Crippen molar-refractivity contribution in [1.82, 2.24) is 0 Å².